The summed E-state index contributed by atoms with van der Waals surface area (Å²) in [5.41, 5.74) is 0.658. The molecule has 25 heavy (non-hydrogen) atoms. The maximum atomic E-state index is 13.3. The Labute approximate surface area is 148 Å². The summed E-state index contributed by atoms with van der Waals surface area (Å²) in [7, 11) is -6.33. The molecule has 0 aliphatic heterocycles. The number of sulfone groups is 1. The summed E-state index contributed by atoms with van der Waals surface area (Å²) in [6.07, 6.45) is 1.27. The molecule has 0 amide bonds. The zero-order valence-electron chi connectivity index (χ0n) is 14.2. The lowest BCUT2D eigenvalue weighted by atomic mass is 10.1. The molecule has 0 fully saturated rings. The summed E-state index contributed by atoms with van der Waals surface area (Å²) >= 11 is 0. The van der Waals surface area contributed by atoms with Gasteiger partial charge in [0.25, 0.3) is 0 Å². The molecule has 0 aliphatic carbocycles. The molecule has 0 spiro atoms. The molecule has 0 aliphatic rings. The second kappa shape index (κ2) is 7.23. The van der Waals surface area contributed by atoms with Crippen LogP contribution in [0, 0.1) is 5.82 Å². The smallest absolute Gasteiger partial charge is 0.224 e. The van der Waals surface area contributed by atoms with Crippen LogP contribution in [0.3, 0.4) is 0 Å². The fourth-order valence-corrected chi connectivity index (χ4v) is 5.46. The molecule has 1 unspecified atom stereocenters. The molecular weight excluding hydrogens is 365 g/mol. The van der Waals surface area contributed by atoms with E-state index in [2.05, 4.69) is 0 Å². The molecule has 0 aromatic heterocycles. The minimum atomic E-state index is -4.02. The minimum absolute atomic E-state index is 0.236. The number of sulfonamides is 1. The predicted octanol–water partition coefficient (Wildman–Crippen LogP) is 2.48. The van der Waals surface area contributed by atoms with Gasteiger partial charge in [-0.3, -0.25) is 0 Å². The van der Waals surface area contributed by atoms with E-state index in [0.29, 0.717) is 12.0 Å². The van der Waals surface area contributed by atoms with E-state index in [9.17, 15) is 21.2 Å². The van der Waals surface area contributed by atoms with Crippen LogP contribution in [0.25, 0.3) is 0 Å². The number of hydrogen-bond acceptors (Lipinski definition) is 4. The highest BCUT2D eigenvalue weighted by atomic mass is 32.2. The fourth-order valence-electron chi connectivity index (χ4n) is 2.50. The largest absolute Gasteiger partial charge is 0.244 e. The molecule has 2 rings (SSSR count). The van der Waals surface area contributed by atoms with E-state index >= 15 is 0 Å². The molecule has 0 saturated carbocycles. The zero-order chi connectivity index (χ0) is 18.8. The van der Waals surface area contributed by atoms with Crippen molar-refractivity contribution < 1.29 is 21.2 Å². The van der Waals surface area contributed by atoms with E-state index in [0.717, 1.165) is 10.6 Å². The van der Waals surface area contributed by atoms with Gasteiger partial charge < -0.3 is 0 Å². The normalized spacial score (nSPS) is 13.8. The lowest BCUT2D eigenvalue weighted by Crippen LogP contribution is -2.37. The van der Waals surface area contributed by atoms with Crippen LogP contribution in [0.1, 0.15) is 12.5 Å². The van der Waals surface area contributed by atoms with Gasteiger partial charge in [-0.1, -0.05) is 24.3 Å². The first-order valence-corrected chi connectivity index (χ1v) is 10.9. The monoisotopic (exact) mass is 385 g/mol. The maximum Gasteiger partial charge on any atom is 0.244 e. The Bertz CT molecular complexity index is 972. The third kappa shape index (κ3) is 4.45. The van der Waals surface area contributed by atoms with E-state index in [1.165, 1.54) is 43.4 Å². The molecular formula is C17H20FNO4S2. The van der Waals surface area contributed by atoms with Crippen molar-refractivity contribution in [2.45, 2.75) is 29.2 Å². The van der Waals surface area contributed by atoms with Crippen molar-refractivity contribution in [2.75, 3.05) is 13.3 Å². The van der Waals surface area contributed by atoms with Gasteiger partial charge in [0.1, 0.15) is 10.7 Å². The quantitative estimate of drug-likeness (QED) is 0.766. The van der Waals surface area contributed by atoms with Crippen molar-refractivity contribution in [2.24, 2.45) is 0 Å². The summed E-state index contributed by atoms with van der Waals surface area (Å²) in [6.45, 7) is 1.69. The summed E-state index contributed by atoms with van der Waals surface area (Å²) in [5, 5.41) is 0. The Hall–Kier alpha value is -1.77. The number of likely N-dealkylation sites (N-methyl/N-ethyl adjacent to an activating group) is 1. The van der Waals surface area contributed by atoms with Crippen LogP contribution >= 0.6 is 0 Å². The van der Waals surface area contributed by atoms with Crippen molar-refractivity contribution in [1.29, 1.82) is 0 Å². The van der Waals surface area contributed by atoms with E-state index in [1.54, 1.807) is 19.1 Å². The van der Waals surface area contributed by atoms with Gasteiger partial charge in [0.2, 0.25) is 10.0 Å². The highest BCUT2D eigenvalue weighted by Crippen LogP contribution is 2.25. The van der Waals surface area contributed by atoms with Crippen molar-refractivity contribution in [1.82, 2.24) is 4.31 Å². The van der Waals surface area contributed by atoms with Gasteiger partial charge in [-0.25, -0.2) is 21.2 Å². The number of rotatable bonds is 6. The number of hydrogen-bond donors (Lipinski definition) is 0. The second-order valence-corrected chi connectivity index (χ2v) is 9.87. The minimum Gasteiger partial charge on any atom is -0.224 e. The molecule has 1 atom stereocenters. The van der Waals surface area contributed by atoms with Crippen LogP contribution < -0.4 is 0 Å². The Morgan fingerprint density at radius 3 is 2.16 bits per heavy atom. The summed E-state index contributed by atoms with van der Waals surface area (Å²) in [4.78, 5) is -0.495. The lowest BCUT2D eigenvalue weighted by molar-refractivity contribution is 0.385. The molecule has 5 nitrogen and oxygen atoms in total. The van der Waals surface area contributed by atoms with E-state index < -0.39 is 31.7 Å². The molecule has 0 bridgehead atoms. The van der Waals surface area contributed by atoms with Crippen LogP contribution in [0.4, 0.5) is 4.39 Å². The average molecular weight is 385 g/mol. The Balaban J connectivity index is 2.36. The van der Waals surface area contributed by atoms with Gasteiger partial charge in [0.05, 0.1) is 4.90 Å². The molecule has 0 heterocycles. The third-order valence-electron chi connectivity index (χ3n) is 3.95. The van der Waals surface area contributed by atoms with Gasteiger partial charge in [-0.15, -0.1) is 0 Å². The van der Waals surface area contributed by atoms with Crippen molar-refractivity contribution in [3.8, 4) is 0 Å². The summed E-state index contributed by atoms with van der Waals surface area (Å²) in [5.74, 6) is -0.391. The fraction of sp³-hybridized carbons (Fsp3) is 0.294. The molecule has 0 saturated heterocycles. The highest BCUT2D eigenvalue weighted by Gasteiger charge is 2.30. The van der Waals surface area contributed by atoms with Gasteiger partial charge in [0.15, 0.2) is 9.84 Å². The highest BCUT2D eigenvalue weighted by molar-refractivity contribution is 7.93. The number of halogens is 1. The number of nitrogens with zero attached hydrogens (tertiary/aromatic N) is 1. The van der Waals surface area contributed by atoms with Crippen LogP contribution in [0.5, 0.6) is 0 Å². The van der Waals surface area contributed by atoms with Crippen LogP contribution in [0.2, 0.25) is 0 Å². The Morgan fingerprint density at radius 2 is 1.60 bits per heavy atom. The van der Waals surface area contributed by atoms with Gasteiger partial charge in [0, 0.05) is 19.3 Å². The zero-order valence-corrected chi connectivity index (χ0v) is 15.8. The first-order valence-electron chi connectivity index (χ1n) is 7.55. The molecule has 0 radical (unpaired) electrons. The Morgan fingerprint density at radius 1 is 1.00 bits per heavy atom. The van der Waals surface area contributed by atoms with Crippen LogP contribution in [-0.2, 0) is 26.3 Å². The Kier molecular flexibility index (Phi) is 5.65. The van der Waals surface area contributed by atoms with Gasteiger partial charge in [-0.2, -0.15) is 4.31 Å². The van der Waals surface area contributed by atoms with Crippen LogP contribution in [-0.4, -0.2) is 40.5 Å². The predicted molar refractivity (Wildman–Crippen MR) is 94.1 cm³/mol. The van der Waals surface area contributed by atoms with Crippen molar-refractivity contribution >= 4 is 19.9 Å². The first-order chi connectivity index (χ1) is 11.5. The standard InChI is InChI=1S/C17H20FNO4S2/c1-13(11-14-7-6-8-15(18)12-14)19(2)25(22,23)17-10-5-4-9-16(17)24(3,20)21/h4-10,12-13H,11H2,1-3H3. The van der Waals surface area contributed by atoms with Crippen molar-refractivity contribution in [3.63, 3.8) is 0 Å². The third-order valence-corrected chi connectivity index (χ3v) is 7.26. The van der Waals surface area contributed by atoms with Crippen LogP contribution in [0.15, 0.2) is 58.3 Å². The topological polar surface area (TPSA) is 71.5 Å². The van der Waals surface area contributed by atoms with E-state index in [1.807, 2.05) is 0 Å². The number of benzene rings is 2. The maximum absolute atomic E-state index is 13.3. The van der Waals surface area contributed by atoms with E-state index in [4.69, 9.17) is 0 Å². The van der Waals surface area contributed by atoms with Gasteiger partial charge >= 0.3 is 0 Å². The molecule has 8 heteroatoms. The summed E-state index contributed by atoms with van der Waals surface area (Å²) in [6, 6.07) is 11.0. The second-order valence-electron chi connectivity index (χ2n) is 5.92. The molecule has 2 aromatic carbocycles. The van der Waals surface area contributed by atoms with E-state index in [-0.39, 0.29) is 9.79 Å². The lowest BCUT2D eigenvalue weighted by Gasteiger charge is -2.25. The SMILES string of the molecule is CC(Cc1cccc(F)c1)N(C)S(=O)(=O)c1ccccc1S(C)(=O)=O. The average Bonchev–Trinajstić information content (AvgIpc) is 2.53. The van der Waals surface area contributed by atoms with Gasteiger partial charge in [-0.05, 0) is 43.2 Å². The van der Waals surface area contributed by atoms with Crippen molar-refractivity contribution in [3.05, 3.63) is 59.9 Å². The molecule has 0 N–H and O–H groups in total. The molecule has 2 aromatic rings. The first kappa shape index (κ1) is 19.6. The molecule has 136 valence electrons. The summed E-state index contributed by atoms with van der Waals surface area (Å²) < 4.78 is 64.0.